The average Bonchev–Trinajstić information content (AvgIpc) is 2.85. The van der Waals surface area contributed by atoms with E-state index in [0.717, 1.165) is 8.56 Å². The van der Waals surface area contributed by atoms with Gasteiger partial charge in [0, 0.05) is 24.8 Å². The van der Waals surface area contributed by atoms with E-state index in [9.17, 15) is 0 Å². The lowest BCUT2D eigenvalue weighted by atomic mass is 10.1. The Morgan fingerprint density at radius 1 is 0.789 bits per heavy atom. The van der Waals surface area contributed by atoms with Gasteiger partial charge in [-0.05, 0) is 62.2 Å². The van der Waals surface area contributed by atoms with Crippen LogP contribution in [-0.4, -0.2) is 17.8 Å². The van der Waals surface area contributed by atoms with Gasteiger partial charge in [-0.15, -0.1) is 11.3 Å². The number of pyridine rings is 2. The largest absolute Gasteiger partial charge is 0.265 e. The first-order valence-corrected chi connectivity index (χ1v) is 7.18. The number of rotatable bonds is 1. The minimum atomic E-state index is 0.854. The molecule has 3 rings (SSSR count). The summed E-state index contributed by atoms with van der Waals surface area (Å²) < 4.78 is 1.94. The first-order chi connectivity index (χ1) is 9.25. The van der Waals surface area contributed by atoms with Gasteiger partial charge in [0.15, 0.2) is 0 Å². The predicted molar refractivity (Wildman–Crippen MR) is 84.9 cm³/mol. The monoisotopic (exact) mass is 328 g/mol. The maximum atomic E-state index is 5.37. The molecule has 0 aromatic carbocycles. The zero-order valence-electron chi connectivity index (χ0n) is 10.0. The van der Waals surface area contributed by atoms with Gasteiger partial charge >= 0.3 is 0 Å². The number of hydrogen-bond donors (Lipinski definition) is 0. The van der Waals surface area contributed by atoms with E-state index in [0.29, 0.717) is 0 Å². The SMILES string of the molecule is [B]c1ccc(Br)s1.c1cc(-c2ccncc2)ccn1. The molecule has 2 radical (unpaired) electrons. The molecule has 0 aliphatic heterocycles. The highest BCUT2D eigenvalue weighted by molar-refractivity contribution is 9.11. The molecule has 0 amide bonds. The standard InChI is InChI=1S/C10H8N2.C4H2BBrS/c1-5-11-6-2-9(1)10-3-7-12-8-4-10;5-3-1-2-4(6)7-3/h1-8H;1-2H. The third-order valence-corrected chi connectivity index (χ3v) is 3.74. The summed E-state index contributed by atoms with van der Waals surface area (Å²) in [5.74, 6) is 0. The van der Waals surface area contributed by atoms with Crippen LogP contribution in [-0.2, 0) is 0 Å². The summed E-state index contributed by atoms with van der Waals surface area (Å²) in [7, 11) is 5.37. The topological polar surface area (TPSA) is 25.8 Å². The van der Waals surface area contributed by atoms with Crippen LogP contribution in [0.25, 0.3) is 11.1 Å². The second-order valence-corrected chi connectivity index (χ2v) is 6.11. The highest BCUT2D eigenvalue weighted by atomic mass is 79.9. The molecule has 3 heterocycles. The van der Waals surface area contributed by atoms with E-state index in [1.165, 1.54) is 22.5 Å². The minimum absolute atomic E-state index is 0.854. The summed E-state index contributed by atoms with van der Waals surface area (Å²) in [4.78, 5) is 7.91. The van der Waals surface area contributed by atoms with Gasteiger partial charge in [0.2, 0.25) is 0 Å². The number of hydrogen-bond acceptors (Lipinski definition) is 3. The third-order valence-electron chi connectivity index (χ3n) is 2.29. The Bertz CT molecular complexity index is 560. The van der Waals surface area contributed by atoms with Gasteiger partial charge in [-0.2, -0.15) is 0 Å². The lowest BCUT2D eigenvalue weighted by Gasteiger charge is -1.97. The number of aromatic nitrogens is 2. The van der Waals surface area contributed by atoms with Crippen LogP contribution in [0.1, 0.15) is 0 Å². The van der Waals surface area contributed by atoms with Crippen LogP contribution in [0.5, 0.6) is 0 Å². The lowest BCUT2D eigenvalue weighted by Crippen LogP contribution is -1.88. The molecule has 3 aromatic rings. The first kappa shape index (κ1) is 14.0. The smallest absolute Gasteiger partial charge is 0.128 e. The Labute approximate surface area is 126 Å². The molecule has 0 fully saturated rings. The van der Waals surface area contributed by atoms with Crippen LogP contribution in [0.2, 0.25) is 0 Å². The van der Waals surface area contributed by atoms with Gasteiger partial charge in [0.05, 0.1) is 3.79 Å². The van der Waals surface area contributed by atoms with Crippen molar-refractivity contribution in [3.63, 3.8) is 0 Å². The summed E-state index contributed by atoms with van der Waals surface area (Å²) in [6.45, 7) is 0. The van der Waals surface area contributed by atoms with Crippen molar-refractivity contribution in [2.45, 2.75) is 0 Å². The molecule has 0 saturated carbocycles. The zero-order valence-corrected chi connectivity index (χ0v) is 12.4. The van der Waals surface area contributed by atoms with Crippen molar-refractivity contribution in [1.82, 2.24) is 9.97 Å². The molecule has 0 N–H and O–H groups in total. The summed E-state index contributed by atoms with van der Waals surface area (Å²) in [5, 5.41) is 0. The van der Waals surface area contributed by atoms with Gasteiger partial charge in [-0.1, -0.05) is 6.07 Å². The maximum Gasteiger partial charge on any atom is 0.128 e. The van der Waals surface area contributed by atoms with Crippen molar-refractivity contribution >= 4 is 39.9 Å². The van der Waals surface area contributed by atoms with Crippen LogP contribution in [0.4, 0.5) is 0 Å². The Hall–Kier alpha value is -1.46. The molecule has 2 nitrogen and oxygen atoms in total. The Kier molecular flexibility index (Phi) is 5.30. The van der Waals surface area contributed by atoms with Crippen molar-refractivity contribution in [1.29, 1.82) is 0 Å². The molecule has 5 heteroatoms. The average molecular weight is 329 g/mol. The van der Waals surface area contributed by atoms with Gasteiger partial charge in [-0.3, -0.25) is 9.97 Å². The van der Waals surface area contributed by atoms with Gasteiger partial charge in [0.25, 0.3) is 0 Å². The van der Waals surface area contributed by atoms with E-state index < -0.39 is 0 Å². The molecule has 0 atom stereocenters. The molecule has 0 bridgehead atoms. The quantitative estimate of drug-likeness (QED) is 0.639. The summed E-state index contributed by atoms with van der Waals surface area (Å²) in [6, 6.07) is 11.7. The number of halogens is 1. The normalized spacial score (nSPS) is 9.53. The van der Waals surface area contributed by atoms with E-state index in [-0.39, 0.29) is 0 Å². The fourth-order valence-corrected chi connectivity index (χ4v) is 2.61. The van der Waals surface area contributed by atoms with E-state index in [1.54, 1.807) is 24.8 Å². The molecular weight excluding hydrogens is 319 g/mol. The lowest BCUT2D eigenvalue weighted by molar-refractivity contribution is 1.31. The van der Waals surface area contributed by atoms with Crippen molar-refractivity contribution in [2.75, 3.05) is 0 Å². The molecule has 0 saturated heterocycles. The van der Waals surface area contributed by atoms with Crippen LogP contribution < -0.4 is 4.78 Å². The van der Waals surface area contributed by atoms with Crippen molar-refractivity contribution in [2.24, 2.45) is 0 Å². The van der Waals surface area contributed by atoms with Crippen LogP contribution in [0.15, 0.2) is 65.0 Å². The Morgan fingerprint density at radius 3 is 1.53 bits per heavy atom. The fourth-order valence-electron chi connectivity index (χ4n) is 1.42. The summed E-state index contributed by atoms with van der Waals surface area (Å²) in [6.07, 6.45) is 7.15. The van der Waals surface area contributed by atoms with Crippen LogP contribution in [0.3, 0.4) is 0 Å². The van der Waals surface area contributed by atoms with Gasteiger partial charge < -0.3 is 0 Å². The van der Waals surface area contributed by atoms with Crippen molar-refractivity contribution in [3.05, 3.63) is 65.0 Å². The summed E-state index contributed by atoms with van der Waals surface area (Å²) >= 11 is 4.81. The molecule has 92 valence electrons. The second-order valence-electron chi connectivity index (χ2n) is 3.61. The molecule has 0 aliphatic rings. The third kappa shape index (κ3) is 4.61. The van der Waals surface area contributed by atoms with Crippen molar-refractivity contribution in [3.8, 4) is 11.1 Å². The summed E-state index contributed by atoms with van der Waals surface area (Å²) in [5.41, 5.74) is 2.35. The van der Waals surface area contributed by atoms with E-state index in [1.807, 2.05) is 36.4 Å². The highest BCUT2D eigenvalue weighted by Crippen LogP contribution is 2.15. The molecule has 0 aliphatic carbocycles. The number of nitrogens with zero attached hydrogens (tertiary/aromatic N) is 2. The van der Waals surface area contributed by atoms with Crippen molar-refractivity contribution < 1.29 is 0 Å². The number of thiophene rings is 1. The molecule has 0 spiro atoms. The van der Waals surface area contributed by atoms with E-state index in [2.05, 4.69) is 25.9 Å². The molecule has 0 unspecified atom stereocenters. The molecule has 19 heavy (non-hydrogen) atoms. The highest BCUT2D eigenvalue weighted by Gasteiger charge is 1.92. The first-order valence-electron chi connectivity index (χ1n) is 5.57. The minimum Gasteiger partial charge on any atom is -0.265 e. The predicted octanol–water partition coefficient (Wildman–Crippen LogP) is 3.45. The van der Waals surface area contributed by atoms with Crippen LogP contribution in [0, 0.1) is 0 Å². The zero-order chi connectivity index (χ0) is 13.5. The Morgan fingerprint density at radius 2 is 1.26 bits per heavy atom. The molecular formula is C14H10BBrN2S. The second kappa shape index (κ2) is 7.21. The van der Waals surface area contributed by atoms with E-state index in [4.69, 9.17) is 7.85 Å². The van der Waals surface area contributed by atoms with Crippen LogP contribution >= 0.6 is 27.3 Å². The Balaban J connectivity index is 0.000000163. The van der Waals surface area contributed by atoms with E-state index >= 15 is 0 Å². The molecule has 3 aromatic heterocycles. The van der Waals surface area contributed by atoms with Gasteiger partial charge in [-0.25, -0.2) is 0 Å². The maximum absolute atomic E-state index is 5.37. The fraction of sp³-hybridized carbons (Fsp3) is 0. The van der Waals surface area contributed by atoms with Gasteiger partial charge in [0.1, 0.15) is 7.85 Å².